The highest BCUT2D eigenvalue weighted by atomic mass is 35.5. The summed E-state index contributed by atoms with van der Waals surface area (Å²) in [5.41, 5.74) is 3.58. The fourth-order valence-electron chi connectivity index (χ4n) is 2.21. The summed E-state index contributed by atoms with van der Waals surface area (Å²) in [6.45, 7) is 5.84. The summed E-state index contributed by atoms with van der Waals surface area (Å²) >= 11 is 6.16. The number of nitrogens with one attached hydrogen (secondary N) is 1. The van der Waals surface area contributed by atoms with Crippen molar-refractivity contribution in [3.63, 3.8) is 0 Å². The van der Waals surface area contributed by atoms with Crippen molar-refractivity contribution in [3.05, 3.63) is 45.9 Å². The maximum atomic E-state index is 12.1. The number of hydrazone groups is 1. The van der Waals surface area contributed by atoms with E-state index in [1.807, 2.05) is 6.92 Å². The van der Waals surface area contributed by atoms with E-state index in [9.17, 15) is 4.79 Å². The van der Waals surface area contributed by atoms with E-state index >= 15 is 0 Å². The lowest BCUT2D eigenvalue weighted by Gasteiger charge is -2.11. The summed E-state index contributed by atoms with van der Waals surface area (Å²) in [7, 11) is 1.52. The maximum absolute atomic E-state index is 12.1. The first-order valence-electron chi connectivity index (χ1n) is 7.37. The first-order valence-corrected chi connectivity index (χ1v) is 7.74. The van der Waals surface area contributed by atoms with Gasteiger partial charge in [-0.25, -0.2) is 5.43 Å². The largest absolute Gasteiger partial charge is 0.491 e. The molecule has 0 unspecified atom stereocenters. The zero-order valence-electron chi connectivity index (χ0n) is 14.0. The van der Waals surface area contributed by atoms with Gasteiger partial charge in [0.1, 0.15) is 11.5 Å². The molecule has 1 aromatic carbocycles. The number of hydrogen-bond donors (Lipinski definition) is 1. The highest BCUT2D eigenvalue weighted by molar-refractivity contribution is 6.32. The first kappa shape index (κ1) is 17.9. The summed E-state index contributed by atoms with van der Waals surface area (Å²) < 4.78 is 16.0. The third-order valence-corrected chi connectivity index (χ3v) is 3.48. The fraction of sp³-hybridized carbons (Fsp3) is 0.294. The maximum Gasteiger partial charge on any atom is 0.274 e. The second kappa shape index (κ2) is 7.88. The molecule has 24 heavy (non-hydrogen) atoms. The molecule has 128 valence electrons. The van der Waals surface area contributed by atoms with Crippen LogP contribution in [0.4, 0.5) is 0 Å². The Morgan fingerprint density at radius 3 is 2.71 bits per heavy atom. The number of hydrogen-bond acceptors (Lipinski definition) is 5. The van der Waals surface area contributed by atoms with Crippen LogP contribution in [0.3, 0.4) is 0 Å². The van der Waals surface area contributed by atoms with Crippen molar-refractivity contribution in [3.8, 4) is 11.5 Å². The van der Waals surface area contributed by atoms with E-state index in [1.54, 1.807) is 32.0 Å². The number of aryl methyl sites for hydroxylation is 2. The van der Waals surface area contributed by atoms with Crippen molar-refractivity contribution in [2.24, 2.45) is 5.10 Å². The van der Waals surface area contributed by atoms with Gasteiger partial charge in [-0.15, -0.1) is 0 Å². The van der Waals surface area contributed by atoms with E-state index < -0.39 is 0 Å². The average molecular weight is 351 g/mol. The van der Waals surface area contributed by atoms with E-state index in [1.165, 1.54) is 13.3 Å². The van der Waals surface area contributed by atoms with Crippen molar-refractivity contribution in [2.45, 2.75) is 20.8 Å². The molecule has 6 nitrogen and oxygen atoms in total. The molecule has 1 aromatic heterocycles. The number of benzene rings is 1. The minimum absolute atomic E-state index is 0.342. The minimum Gasteiger partial charge on any atom is -0.491 e. The van der Waals surface area contributed by atoms with E-state index in [-0.39, 0.29) is 5.91 Å². The SMILES string of the molecule is CCOc1cc(/C=N\NC(=O)c2cc(C)oc2C)cc(Cl)c1OC. The van der Waals surface area contributed by atoms with E-state index in [0.29, 0.717) is 45.8 Å². The highest BCUT2D eigenvalue weighted by Crippen LogP contribution is 2.35. The Balaban J connectivity index is 2.14. The van der Waals surface area contributed by atoms with Gasteiger partial charge in [-0.2, -0.15) is 5.10 Å². The van der Waals surface area contributed by atoms with Gasteiger partial charge in [0.2, 0.25) is 0 Å². The lowest BCUT2D eigenvalue weighted by Crippen LogP contribution is -2.17. The van der Waals surface area contributed by atoms with Crippen LogP contribution in [-0.2, 0) is 0 Å². The Bertz CT molecular complexity index is 768. The number of methoxy groups -OCH3 is 1. The lowest BCUT2D eigenvalue weighted by molar-refractivity contribution is 0.0953. The molecule has 0 atom stereocenters. The number of rotatable bonds is 6. The molecule has 1 heterocycles. The molecule has 0 radical (unpaired) electrons. The summed E-state index contributed by atoms with van der Waals surface area (Å²) in [5, 5.41) is 4.35. The molecular formula is C17H19ClN2O4. The summed E-state index contributed by atoms with van der Waals surface area (Å²) in [4.78, 5) is 12.1. The number of nitrogens with zero attached hydrogens (tertiary/aromatic N) is 1. The van der Waals surface area contributed by atoms with Crippen molar-refractivity contribution < 1.29 is 18.7 Å². The Hall–Kier alpha value is -2.47. The summed E-state index contributed by atoms with van der Waals surface area (Å²) in [6, 6.07) is 5.07. The topological polar surface area (TPSA) is 73.1 Å². The van der Waals surface area contributed by atoms with E-state index in [4.69, 9.17) is 25.5 Å². The number of ether oxygens (including phenoxy) is 2. The Morgan fingerprint density at radius 1 is 1.38 bits per heavy atom. The molecule has 0 fully saturated rings. The van der Waals surface area contributed by atoms with Crippen LogP contribution in [0.5, 0.6) is 11.5 Å². The molecule has 0 saturated heterocycles. The number of carbonyl (C=O) groups excluding carboxylic acids is 1. The molecule has 0 bridgehead atoms. The van der Waals surface area contributed by atoms with E-state index in [0.717, 1.165) is 0 Å². The standard InChI is InChI=1S/C17H19ClN2O4/c1-5-23-15-8-12(7-14(18)16(15)22-4)9-19-20-17(21)13-6-10(2)24-11(13)3/h6-9H,5H2,1-4H3,(H,20,21)/b19-9-. The lowest BCUT2D eigenvalue weighted by atomic mass is 10.2. The monoisotopic (exact) mass is 350 g/mol. The van der Waals surface area contributed by atoms with Crippen molar-refractivity contribution in [1.29, 1.82) is 0 Å². The first-order chi connectivity index (χ1) is 11.5. The van der Waals surface area contributed by atoms with Crippen molar-refractivity contribution in [1.82, 2.24) is 5.43 Å². The molecule has 1 N–H and O–H groups in total. The van der Waals surface area contributed by atoms with Crippen LogP contribution in [0.15, 0.2) is 27.7 Å². The van der Waals surface area contributed by atoms with Gasteiger partial charge < -0.3 is 13.9 Å². The van der Waals surface area contributed by atoms with Crippen LogP contribution in [0, 0.1) is 13.8 Å². The molecule has 2 aromatic rings. The van der Waals surface area contributed by atoms with Gasteiger partial charge in [0, 0.05) is 0 Å². The van der Waals surface area contributed by atoms with Crippen LogP contribution < -0.4 is 14.9 Å². The molecule has 0 aliphatic rings. The summed E-state index contributed by atoms with van der Waals surface area (Å²) in [5.74, 6) is 1.85. The summed E-state index contributed by atoms with van der Waals surface area (Å²) in [6.07, 6.45) is 1.48. The number of halogens is 1. The second-order valence-corrected chi connectivity index (χ2v) is 5.40. The van der Waals surface area contributed by atoms with Crippen molar-refractivity contribution >= 4 is 23.7 Å². The number of furan rings is 1. The molecule has 0 aliphatic heterocycles. The third-order valence-electron chi connectivity index (χ3n) is 3.20. The molecule has 7 heteroatoms. The zero-order valence-corrected chi connectivity index (χ0v) is 14.7. The van der Waals surface area contributed by atoms with Crippen LogP contribution >= 0.6 is 11.6 Å². The zero-order chi connectivity index (χ0) is 17.7. The molecule has 0 aliphatic carbocycles. The van der Waals surface area contributed by atoms with Gasteiger partial charge in [-0.05, 0) is 44.5 Å². The van der Waals surface area contributed by atoms with Crippen LogP contribution in [0.25, 0.3) is 0 Å². The minimum atomic E-state index is -0.342. The third kappa shape index (κ3) is 4.08. The van der Waals surface area contributed by atoms with Crippen molar-refractivity contribution in [2.75, 3.05) is 13.7 Å². The fourth-order valence-corrected chi connectivity index (χ4v) is 2.50. The molecule has 0 spiro atoms. The number of carbonyl (C=O) groups is 1. The van der Waals surface area contributed by atoms with Crippen LogP contribution in [0.2, 0.25) is 5.02 Å². The van der Waals surface area contributed by atoms with Gasteiger partial charge in [-0.3, -0.25) is 4.79 Å². The van der Waals surface area contributed by atoms with Gasteiger partial charge in [0.15, 0.2) is 11.5 Å². The predicted molar refractivity (Wildman–Crippen MR) is 92.4 cm³/mol. The van der Waals surface area contributed by atoms with Gasteiger partial charge >= 0.3 is 0 Å². The smallest absolute Gasteiger partial charge is 0.274 e. The molecule has 1 amide bonds. The Kier molecular flexibility index (Phi) is 5.87. The molecule has 2 rings (SSSR count). The van der Waals surface area contributed by atoms with Gasteiger partial charge in [-0.1, -0.05) is 11.6 Å². The van der Waals surface area contributed by atoms with Crippen LogP contribution in [0.1, 0.15) is 34.4 Å². The van der Waals surface area contributed by atoms with Gasteiger partial charge in [0.25, 0.3) is 5.91 Å². The highest BCUT2D eigenvalue weighted by Gasteiger charge is 2.13. The van der Waals surface area contributed by atoms with E-state index in [2.05, 4.69) is 10.5 Å². The number of amides is 1. The average Bonchev–Trinajstić information content (AvgIpc) is 2.86. The van der Waals surface area contributed by atoms with Gasteiger partial charge in [0.05, 0.1) is 30.5 Å². The Morgan fingerprint density at radius 2 is 2.12 bits per heavy atom. The second-order valence-electron chi connectivity index (χ2n) is 4.99. The predicted octanol–water partition coefficient (Wildman–Crippen LogP) is 3.72. The quantitative estimate of drug-likeness (QED) is 0.636. The normalized spacial score (nSPS) is 10.9. The molecule has 0 saturated carbocycles. The molecular weight excluding hydrogens is 332 g/mol. The Labute approximate surface area is 145 Å². The van der Waals surface area contributed by atoms with Crippen LogP contribution in [-0.4, -0.2) is 25.8 Å².